The van der Waals surface area contributed by atoms with Crippen LogP contribution in [0.5, 0.6) is 0 Å². The second-order valence-electron chi connectivity index (χ2n) is 10.7. The molecule has 1 aromatic carbocycles. The van der Waals surface area contributed by atoms with Crippen LogP contribution in [0.3, 0.4) is 0 Å². The van der Waals surface area contributed by atoms with Crippen LogP contribution >= 0.6 is 11.6 Å². The summed E-state index contributed by atoms with van der Waals surface area (Å²) in [6.07, 6.45) is 5.71. The van der Waals surface area contributed by atoms with Gasteiger partial charge in [0.1, 0.15) is 11.4 Å². The Hall–Kier alpha value is -3.53. The maximum Gasteiger partial charge on any atom is 0.263 e. The topological polar surface area (TPSA) is 106 Å². The van der Waals surface area contributed by atoms with Crippen molar-refractivity contribution in [2.24, 2.45) is 0 Å². The number of halogens is 1. The molecular formula is C30H34ClN5O4. The largest absolute Gasteiger partial charge is 0.383 e. The number of amides is 2. The minimum atomic E-state index is -0.509. The van der Waals surface area contributed by atoms with Gasteiger partial charge < -0.3 is 24.8 Å². The van der Waals surface area contributed by atoms with Crippen molar-refractivity contribution in [3.05, 3.63) is 80.4 Å². The van der Waals surface area contributed by atoms with E-state index in [0.717, 1.165) is 42.5 Å². The lowest BCUT2D eigenvalue weighted by atomic mass is 9.98. The molecule has 2 aliphatic rings. The number of carbonyl (C=O) groups excluding carboxylic acids is 2. The Morgan fingerprint density at radius 1 is 1.10 bits per heavy atom. The number of benzene rings is 1. The second kappa shape index (κ2) is 11.9. The Kier molecular flexibility index (Phi) is 8.35. The number of nitrogens with zero attached hydrogens (tertiary/aromatic N) is 3. The van der Waals surface area contributed by atoms with Crippen LogP contribution in [0.2, 0.25) is 5.02 Å². The van der Waals surface area contributed by atoms with Crippen LogP contribution in [0.4, 0.5) is 5.82 Å². The standard InChI is InChI=1S/C30H34ClN5O4/c1-35(2)29(38)24-15-21(31)6-9-23(24)20-13-26(19-4-5-19)33-27(14-20)34-28(37)25-12-18(16-32-10-11-40-3)17-36(30(25)39)22-7-8-22/h6,9,12-15,17,19,22,32H,4-5,7-8,10-11,16H2,1-3H3,(H,33,34,37). The molecule has 40 heavy (non-hydrogen) atoms. The Morgan fingerprint density at radius 3 is 2.55 bits per heavy atom. The first-order valence-corrected chi connectivity index (χ1v) is 13.9. The second-order valence-corrected chi connectivity index (χ2v) is 11.1. The smallest absolute Gasteiger partial charge is 0.263 e. The molecule has 0 atom stereocenters. The molecule has 2 heterocycles. The molecule has 2 fully saturated rings. The number of nitrogens with one attached hydrogen (secondary N) is 2. The quantitative estimate of drug-likeness (QED) is 0.334. The van der Waals surface area contributed by atoms with Crippen LogP contribution in [0.15, 0.2) is 47.4 Å². The Labute approximate surface area is 238 Å². The summed E-state index contributed by atoms with van der Waals surface area (Å²) in [5, 5.41) is 6.62. The molecule has 0 radical (unpaired) electrons. The van der Waals surface area contributed by atoms with Gasteiger partial charge >= 0.3 is 0 Å². The van der Waals surface area contributed by atoms with Crippen molar-refractivity contribution in [2.75, 3.05) is 39.7 Å². The van der Waals surface area contributed by atoms with Gasteiger partial charge in [0.15, 0.2) is 0 Å². The van der Waals surface area contributed by atoms with Crippen LogP contribution in [-0.4, -0.2) is 60.6 Å². The molecule has 3 aromatic rings. The molecule has 2 amide bonds. The average molecular weight is 564 g/mol. The SMILES string of the molecule is COCCNCc1cc(C(=O)Nc2cc(-c3ccc(Cl)cc3C(=O)N(C)C)cc(C3CC3)n2)c(=O)n(C2CC2)c1. The van der Waals surface area contributed by atoms with Crippen molar-refractivity contribution in [1.29, 1.82) is 0 Å². The molecule has 0 unspecified atom stereocenters. The van der Waals surface area contributed by atoms with Crippen molar-refractivity contribution in [1.82, 2.24) is 19.8 Å². The van der Waals surface area contributed by atoms with E-state index in [4.69, 9.17) is 21.3 Å². The summed E-state index contributed by atoms with van der Waals surface area (Å²) in [6, 6.07) is 10.7. The summed E-state index contributed by atoms with van der Waals surface area (Å²) < 4.78 is 6.77. The first-order chi connectivity index (χ1) is 19.2. The van der Waals surface area contributed by atoms with Crippen LogP contribution in [0.1, 0.15) is 69.6 Å². The van der Waals surface area contributed by atoms with E-state index in [0.29, 0.717) is 47.6 Å². The third-order valence-electron chi connectivity index (χ3n) is 7.11. The van der Waals surface area contributed by atoms with Crippen molar-refractivity contribution in [2.45, 2.75) is 44.2 Å². The zero-order valence-electron chi connectivity index (χ0n) is 23.0. The zero-order chi connectivity index (χ0) is 28.4. The lowest BCUT2D eigenvalue weighted by molar-refractivity contribution is 0.0828. The maximum absolute atomic E-state index is 13.5. The lowest BCUT2D eigenvalue weighted by Crippen LogP contribution is -2.30. The Bertz CT molecular complexity index is 1490. The fourth-order valence-electron chi connectivity index (χ4n) is 4.68. The van der Waals surface area contributed by atoms with Gasteiger partial charge in [0.25, 0.3) is 17.4 Å². The minimum absolute atomic E-state index is 0.0769. The first-order valence-electron chi connectivity index (χ1n) is 13.5. The van der Waals surface area contributed by atoms with E-state index in [1.807, 2.05) is 18.3 Å². The number of rotatable bonds is 11. The van der Waals surface area contributed by atoms with E-state index >= 15 is 0 Å². The number of anilines is 1. The van der Waals surface area contributed by atoms with E-state index in [-0.39, 0.29) is 23.1 Å². The molecule has 2 N–H and O–H groups in total. The van der Waals surface area contributed by atoms with E-state index in [1.165, 1.54) is 4.90 Å². The van der Waals surface area contributed by atoms with Gasteiger partial charge in [-0.1, -0.05) is 17.7 Å². The average Bonchev–Trinajstić information content (AvgIpc) is 3.84. The van der Waals surface area contributed by atoms with E-state index in [9.17, 15) is 14.4 Å². The number of hydrogen-bond donors (Lipinski definition) is 2. The van der Waals surface area contributed by atoms with E-state index in [1.54, 1.807) is 50.0 Å². The van der Waals surface area contributed by atoms with Crippen molar-refractivity contribution in [3.8, 4) is 11.1 Å². The lowest BCUT2D eigenvalue weighted by Gasteiger charge is -2.16. The molecule has 10 heteroatoms. The van der Waals surface area contributed by atoms with Gasteiger partial charge in [-0.05, 0) is 72.7 Å². The molecule has 0 saturated heterocycles. The maximum atomic E-state index is 13.5. The predicted molar refractivity (Wildman–Crippen MR) is 155 cm³/mol. The number of ether oxygens (including phenoxy) is 1. The predicted octanol–water partition coefficient (Wildman–Crippen LogP) is 4.47. The monoisotopic (exact) mass is 563 g/mol. The van der Waals surface area contributed by atoms with Crippen molar-refractivity contribution < 1.29 is 14.3 Å². The third kappa shape index (κ3) is 6.43. The summed E-state index contributed by atoms with van der Waals surface area (Å²) in [5.74, 6) is -0.0530. The molecule has 2 aliphatic carbocycles. The van der Waals surface area contributed by atoms with E-state index < -0.39 is 5.91 Å². The summed E-state index contributed by atoms with van der Waals surface area (Å²) >= 11 is 6.24. The van der Waals surface area contributed by atoms with Crippen LogP contribution in [0.25, 0.3) is 11.1 Å². The van der Waals surface area contributed by atoms with Gasteiger partial charge in [0.2, 0.25) is 0 Å². The number of carbonyl (C=O) groups is 2. The van der Waals surface area contributed by atoms with E-state index in [2.05, 4.69) is 10.6 Å². The van der Waals surface area contributed by atoms with Crippen LogP contribution in [-0.2, 0) is 11.3 Å². The molecule has 210 valence electrons. The van der Waals surface area contributed by atoms with Gasteiger partial charge in [-0.3, -0.25) is 14.4 Å². The van der Waals surface area contributed by atoms with Gasteiger partial charge in [-0.2, -0.15) is 0 Å². The van der Waals surface area contributed by atoms with Gasteiger partial charge in [0.05, 0.1) is 6.61 Å². The molecular weight excluding hydrogens is 530 g/mol. The van der Waals surface area contributed by atoms with Crippen molar-refractivity contribution >= 4 is 29.2 Å². The summed E-state index contributed by atoms with van der Waals surface area (Å²) in [4.78, 5) is 46.0. The Balaban J connectivity index is 1.49. The molecule has 5 rings (SSSR count). The normalized spacial score (nSPS) is 14.7. The molecule has 2 saturated carbocycles. The molecule has 0 spiro atoms. The Morgan fingerprint density at radius 2 is 1.88 bits per heavy atom. The highest BCUT2D eigenvalue weighted by Gasteiger charge is 2.29. The number of aromatic nitrogens is 2. The fourth-order valence-corrected chi connectivity index (χ4v) is 4.85. The first kappa shape index (κ1) is 28.0. The van der Waals surface area contributed by atoms with Crippen LogP contribution in [0, 0.1) is 0 Å². The van der Waals surface area contributed by atoms with Gasteiger partial charge in [0, 0.05) is 68.7 Å². The summed E-state index contributed by atoms with van der Waals surface area (Å²) in [6.45, 7) is 1.73. The number of hydrogen-bond acceptors (Lipinski definition) is 6. The zero-order valence-corrected chi connectivity index (χ0v) is 23.8. The third-order valence-corrected chi connectivity index (χ3v) is 7.34. The van der Waals surface area contributed by atoms with Crippen LogP contribution < -0.4 is 16.2 Å². The highest BCUT2D eigenvalue weighted by molar-refractivity contribution is 6.31. The highest BCUT2D eigenvalue weighted by Crippen LogP contribution is 2.41. The number of methoxy groups -OCH3 is 1. The molecule has 2 aromatic heterocycles. The summed E-state index contributed by atoms with van der Waals surface area (Å²) in [5.41, 5.74) is 3.37. The fraction of sp³-hybridized carbons (Fsp3) is 0.400. The molecule has 0 bridgehead atoms. The highest BCUT2D eigenvalue weighted by atomic mass is 35.5. The molecule has 9 nitrogen and oxygen atoms in total. The molecule has 0 aliphatic heterocycles. The minimum Gasteiger partial charge on any atom is -0.383 e. The number of pyridine rings is 2. The van der Waals surface area contributed by atoms with Gasteiger partial charge in [-0.25, -0.2) is 4.98 Å². The summed E-state index contributed by atoms with van der Waals surface area (Å²) in [7, 11) is 5.02. The van der Waals surface area contributed by atoms with Gasteiger partial charge in [-0.15, -0.1) is 0 Å². The van der Waals surface area contributed by atoms with Crippen molar-refractivity contribution in [3.63, 3.8) is 0 Å².